The summed E-state index contributed by atoms with van der Waals surface area (Å²) >= 11 is 0. The molecular formula is C28H50N12O2. The molecule has 0 aliphatic carbocycles. The van der Waals surface area contributed by atoms with Gasteiger partial charge in [-0.15, -0.1) is 0 Å². The lowest BCUT2D eigenvalue weighted by Gasteiger charge is -2.18. The number of nitrogens with one attached hydrogen (secondary N) is 5. The first-order valence-corrected chi connectivity index (χ1v) is 14.6. The fraction of sp³-hybridized carbons (Fsp3) is 0.571. The van der Waals surface area contributed by atoms with Crippen molar-refractivity contribution in [3.63, 3.8) is 0 Å². The van der Waals surface area contributed by atoms with Crippen LogP contribution in [0.15, 0.2) is 46.3 Å². The molecule has 0 spiro atoms. The zero-order chi connectivity index (χ0) is 30.6. The number of carbonyl (C=O) groups excluding carboxylic acids is 1. The van der Waals surface area contributed by atoms with E-state index in [4.69, 9.17) is 17.2 Å². The third-order valence-corrected chi connectivity index (χ3v) is 6.40. The molecule has 1 unspecified atom stereocenters. The Kier molecular flexibility index (Phi) is 16.6. The van der Waals surface area contributed by atoms with Crippen molar-refractivity contribution in [3.8, 4) is 0 Å². The number of urea groups is 1. The molecule has 1 aromatic carbocycles. The first kappa shape index (κ1) is 34.5. The Hall–Kier alpha value is -3.72. The number of amides is 2. The minimum absolute atomic E-state index is 0.0992. The average Bonchev–Trinajstić information content (AvgIpc) is 2.94. The van der Waals surface area contributed by atoms with Crippen molar-refractivity contribution in [2.45, 2.75) is 44.7 Å². The van der Waals surface area contributed by atoms with Gasteiger partial charge in [0.15, 0.2) is 5.96 Å². The fourth-order valence-corrected chi connectivity index (χ4v) is 4.15. The Morgan fingerprint density at radius 3 is 2.40 bits per heavy atom. The van der Waals surface area contributed by atoms with Crippen LogP contribution in [0.1, 0.15) is 32.1 Å². The maximum Gasteiger partial charge on any atom is 0.349 e. The lowest BCUT2D eigenvalue weighted by molar-refractivity contribution is 0.262. The number of benzene rings is 1. The van der Waals surface area contributed by atoms with Gasteiger partial charge in [0.2, 0.25) is 0 Å². The summed E-state index contributed by atoms with van der Waals surface area (Å²) < 4.78 is 1.54. The fourth-order valence-electron chi connectivity index (χ4n) is 4.15. The molecular weight excluding hydrogens is 536 g/mol. The third-order valence-electron chi connectivity index (χ3n) is 6.40. The molecule has 0 aliphatic rings. The Morgan fingerprint density at radius 2 is 1.71 bits per heavy atom. The Balaban J connectivity index is 1.76. The van der Waals surface area contributed by atoms with Crippen LogP contribution in [0, 0.1) is 0 Å². The lowest BCUT2D eigenvalue weighted by Crippen LogP contribution is -2.32. The number of anilines is 3. The molecule has 234 valence electrons. The van der Waals surface area contributed by atoms with E-state index >= 15 is 0 Å². The molecule has 0 bridgehead atoms. The van der Waals surface area contributed by atoms with Gasteiger partial charge in [-0.25, -0.2) is 9.59 Å². The van der Waals surface area contributed by atoms with Gasteiger partial charge in [0, 0.05) is 62.9 Å². The maximum absolute atomic E-state index is 12.6. The number of aryl methyl sites for hydroxylation is 1. The molecule has 1 atom stereocenters. The molecule has 2 rings (SSSR count). The Bertz CT molecular complexity index is 1120. The lowest BCUT2D eigenvalue weighted by atomic mass is 10.1. The van der Waals surface area contributed by atoms with Gasteiger partial charge in [-0.3, -0.25) is 14.9 Å². The van der Waals surface area contributed by atoms with E-state index in [1.165, 1.54) is 0 Å². The van der Waals surface area contributed by atoms with E-state index in [9.17, 15) is 9.59 Å². The third kappa shape index (κ3) is 15.3. The van der Waals surface area contributed by atoms with E-state index in [0.29, 0.717) is 25.3 Å². The minimum atomic E-state index is -0.474. The van der Waals surface area contributed by atoms with Gasteiger partial charge in [-0.2, -0.15) is 4.98 Å². The summed E-state index contributed by atoms with van der Waals surface area (Å²) in [7, 11) is 4.10. The van der Waals surface area contributed by atoms with E-state index < -0.39 is 11.7 Å². The smallest absolute Gasteiger partial charge is 0.349 e. The monoisotopic (exact) mass is 586 g/mol. The van der Waals surface area contributed by atoms with Crippen LogP contribution in [-0.2, 0) is 6.54 Å². The Morgan fingerprint density at radius 1 is 0.976 bits per heavy atom. The number of hydrogen-bond donors (Lipinski definition) is 8. The topological polar surface area (TPSA) is 206 Å². The molecule has 1 aromatic heterocycles. The van der Waals surface area contributed by atoms with Gasteiger partial charge in [-0.1, -0.05) is 0 Å². The van der Waals surface area contributed by atoms with Crippen LogP contribution in [0.4, 0.5) is 22.0 Å². The second-order valence-electron chi connectivity index (χ2n) is 10.3. The van der Waals surface area contributed by atoms with Crippen molar-refractivity contribution < 1.29 is 4.79 Å². The highest BCUT2D eigenvalue weighted by atomic mass is 16.2. The highest BCUT2D eigenvalue weighted by Crippen LogP contribution is 2.14. The summed E-state index contributed by atoms with van der Waals surface area (Å²) in [4.78, 5) is 35.2. The van der Waals surface area contributed by atoms with Crippen molar-refractivity contribution in [1.29, 1.82) is 0 Å². The molecule has 2 amide bonds. The van der Waals surface area contributed by atoms with E-state index in [1.807, 2.05) is 38.4 Å². The highest BCUT2D eigenvalue weighted by molar-refractivity contribution is 5.99. The van der Waals surface area contributed by atoms with Crippen LogP contribution in [0.5, 0.6) is 0 Å². The zero-order valence-electron chi connectivity index (χ0n) is 25.1. The molecule has 1 heterocycles. The number of guanidine groups is 1. The molecule has 0 aliphatic heterocycles. The van der Waals surface area contributed by atoms with E-state index in [0.717, 1.165) is 70.5 Å². The van der Waals surface area contributed by atoms with Crippen LogP contribution in [0.2, 0.25) is 0 Å². The number of rotatable bonds is 21. The first-order chi connectivity index (χ1) is 20.3. The van der Waals surface area contributed by atoms with Crippen LogP contribution in [0.25, 0.3) is 0 Å². The number of nitrogens with two attached hydrogens (primary N) is 3. The molecule has 0 radical (unpaired) electrons. The normalized spacial score (nSPS) is 11.7. The highest BCUT2D eigenvalue weighted by Gasteiger charge is 2.10. The Labute approximate surface area is 248 Å². The second-order valence-corrected chi connectivity index (χ2v) is 10.3. The largest absolute Gasteiger partial charge is 0.384 e. The average molecular weight is 587 g/mol. The minimum Gasteiger partial charge on any atom is -0.384 e. The van der Waals surface area contributed by atoms with Gasteiger partial charge >= 0.3 is 11.7 Å². The van der Waals surface area contributed by atoms with Crippen molar-refractivity contribution in [1.82, 2.24) is 25.1 Å². The number of hydrogen-bond acceptors (Lipinski definition) is 9. The maximum atomic E-state index is 12.6. The van der Waals surface area contributed by atoms with Crippen molar-refractivity contribution in [3.05, 3.63) is 47.0 Å². The molecule has 2 aromatic rings. The predicted octanol–water partition coefficient (Wildman–Crippen LogP) is 0.591. The van der Waals surface area contributed by atoms with Crippen molar-refractivity contribution in [2.75, 3.05) is 75.9 Å². The van der Waals surface area contributed by atoms with Crippen LogP contribution >= 0.6 is 0 Å². The molecule has 14 nitrogen and oxygen atoms in total. The molecule has 0 fully saturated rings. The molecule has 42 heavy (non-hydrogen) atoms. The second kappa shape index (κ2) is 20.2. The van der Waals surface area contributed by atoms with Crippen LogP contribution in [-0.4, -0.2) is 92.4 Å². The summed E-state index contributed by atoms with van der Waals surface area (Å²) in [6.45, 7) is 6.16. The number of nitrogens with zero attached hydrogens (tertiary/aromatic N) is 4. The molecule has 14 heteroatoms. The van der Waals surface area contributed by atoms with Gasteiger partial charge < -0.3 is 43.4 Å². The first-order valence-electron chi connectivity index (χ1n) is 14.6. The number of aromatic nitrogens is 2. The van der Waals surface area contributed by atoms with Crippen LogP contribution < -0.4 is 49.5 Å². The summed E-state index contributed by atoms with van der Waals surface area (Å²) in [5, 5.41) is 15.6. The number of carbonyl (C=O) groups is 1. The van der Waals surface area contributed by atoms with Gasteiger partial charge in [0.05, 0.1) is 0 Å². The molecule has 0 saturated heterocycles. The van der Waals surface area contributed by atoms with Gasteiger partial charge in [-0.05, 0) is 89.6 Å². The molecule has 11 N–H and O–H groups in total. The molecule has 0 saturated carbocycles. The van der Waals surface area contributed by atoms with Crippen molar-refractivity contribution >= 4 is 29.2 Å². The van der Waals surface area contributed by atoms with Gasteiger partial charge in [0.25, 0.3) is 0 Å². The van der Waals surface area contributed by atoms with Crippen molar-refractivity contribution in [2.24, 2.45) is 22.2 Å². The standard InChI is InChI=1S/C28H50N12O2/c1-39(2)21-18-32-16-17-34-23-8-10-24(11-9-23)36-27(41)37-25-12-20-40(28(42)38-25)19-4-7-22(33-15-5-13-29)6-3-14-35-26(30)31/h8-12,20,22,32-34H,3-7,13-19,21,29H2,1-2H3,(H4,30,31,35)(H2,36,37,38,41,42). The number of likely N-dealkylation sites (N-methyl/N-ethyl adjacent to an activating group) is 1. The predicted molar refractivity (Wildman–Crippen MR) is 172 cm³/mol. The van der Waals surface area contributed by atoms with E-state index in [1.54, 1.807) is 16.8 Å². The quantitative estimate of drug-likeness (QED) is 0.0580. The van der Waals surface area contributed by atoms with E-state index in [2.05, 4.69) is 41.5 Å². The van der Waals surface area contributed by atoms with E-state index in [-0.39, 0.29) is 17.8 Å². The summed E-state index contributed by atoms with van der Waals surface area (Å²) in [5.74, 6) is 0.289. The number of aliphatic imine (C=N–C) groups is 1. The zero-order valence-corrected chi connectivity index (χ0v) is 25.1. The summed E-state index contributed by atoms with van der Waals surface area (Å²) in [6, 6.07) is 8.84. The summed E-state index contributed by atoms with van der Waals surface area (Å²) in [6.07, 6.45) is 5.99. The van der Waals surface area contributed by atoms with Crippen LogP contribution in [0.3, 0.4) is 0 Å². The SMILES string of the molecule is CN(C)CCNCCNc1ccc(NC(=O)Nc2ccn(CCCC(CCCN=C(N)N)NCCCN)c(=O)n2)cc1. The van der Waals surface area contributed by atoms with Gasteiger partial charge in [0.1, 0.15) is 5.82 Å². The summed E-state index contributed by atoms with van der Waals surface area (Å²) in [5.41, 5.74) is 17.6.